The number of pyridine rings is 1. The smallest absolute Gasteiger partial charge is 0.191 e. The Balaban J connectivity index is 1.55. The van der Waals surface area contributed by atoms with Crippen molar-refractivity contribution in [2.45, 2.75) is 26.9 Å². The van der Waals surface area contributed by atoms with Crippen LogP contribution in [0.25, 0.3) is 0 Å². The van der Waals surface area contributed by atoms with Gasteiger partial charge in [0.05, 0.1) is 18.9 Å². The number of aromatic nitrogens is 2. The molecule has 0 unspecified atom stereocenters. The third kappa shape index (κ3) is 4.51. The first-order chi connectivity index (χ1) is 12.7. The molecule has 26 heavy (non-hydrogen) atoms. The van der Waals surface area contributed by atoms with Crippen LogP contribution in [0.2, 0.25) is 0 Å². The lowest BCUT2D eigenvalue weighted by Crippen LogP contribution is -2.37. The molecule has 0 radical (unpaired) electrons. The van der Waals surface area contributed by atoms with Gasteiger partial charge in [-0.25, -0.2) is 4.98 Å². The number of nitrogens with zero attached hydrogens (tertiary/aromatic N) is 4. The van der Waals surface area contributed by atoms with E-state index in [1.807, 2.05) is 26.1 Å². The molecule has 2 aromatic heterocycles. The summed E-state index contributed by atoms with van der Waals surface area (Å²) in [6.07, 6.45) is 1.85. The largest absolute Gasteiger partial charge is 0.378 e. The first-order valence-electron chi connectivity index (χ1n) is 8.81. The lowest BCUT2D eigenvalue weighted by molar-refractivity contribution is 0.122. The van der Waals surface area contributed by atoms with E-state index >= 15 is 0 Å². The molecule has 0 atom stereocenters. The molecule has 3 heterocycles. The van der Waals surface area contributed by atoms with Gasteiger partial charge in [-0.3, -0.25) is 4.99 Å². The first-order valence-corrected chi connectivity index (χ1v) is 8.81. The molecule has 1 saturated heterocycles. The molecule has 140 valence electrons. The van der Waals surface area contributed by atoms with Crippen molar-refractivity contribution in [3.63, 3.8) is 0 Å². The number of aliphatic imine (C=N–C) groups is 1. The van der Waals surface area contributed by atoms with E-state index < -0.39 is 0 Å². The summed E-state index contributed by atoms with van der Waals surface area (Å²) in [7, 11) is 1.76. The molecule has 0 spiro atoms. The van der Waals surface area contributed by atoms with Gasteiger partial charge in [-0.15, -0.1) is 0 Å². The van der Waals surface area contributed by atoms with Crippen LogP contribution in [0.4, 0.5) is 5.82 Å². The second-order valence-electron chi connectivity index (χ2n) is 6.20. The lowest BCUT2D eigenvalue weighted by atomic mass is 10.2. The zero-order valence-electron chi connectivity index (χ0n) is 15.6. The highest BCUT2D eigenvalue weighted by Crippen LogP contribution is 2.14. The fourth-order valence-corrected chi connectivity index (χ4v) is 2.87. The third-order valence-electron chi connectivity index (χ3n) is 4.44. The van der Waals surface area contributed by atoms with Crippen LogP contribution in [-0.4, -0.2) is 49.5 Å². The Bertz CT molecular complexity index is 732. The van der Waals surface area contributed by atoms with E-state index in [1.54, 1.807) is 7.05 Å². The van der Waals surface area contributed by atoms with Crippen LogP contribution in [0.1, 0.15) is 22.6 Å². The molecule has 2 aromatic rings. The standard InChI is InChI=1S/C18H26N6O2/c1-13-16(14(2)26-23-13)12-22-18(19-3)21-11-15-4-5-20-17(10-15)24-6-8-25-9-7-24/h4-5,10H,6-9,11-12H2,1-3H3,(H2,19,21,22). The second kappa shape index (κ2) is 8.66. The van der Waals surface area contributed by atoms with Gasteiger partial charge in [-0.2, -0.15) is 0 Å². The van der Waals surface area contributed by atoms with Gasteiger partial charge in [0.25, 0.3) is 0 Å². The number of guanidine groups is 1. The van der Waals surface area contributed by atoms with Crippen LogP contribution in [0.5, 0.6) is 0 Å². The highest BCUT2D eigenvalue weighted by molar-refractivity contribution is 5.79. The average molecular weight is 358 g/mol. The molecule has 0 bridgehead atoms. The number of aryl methyl sites for hydroxylation is 2. The van der Waals surface area contributed by atoms with Gasteiger partial charge in [0.15, 0.2) is 5.96 Å². The van der Waals surface area contributed by atoms with Crippen molar-refractivity contribution in [2.24, 2.45) is 4.99 Å². The minimum atomic E-state index is 0.621. The Morgan fingerprint density at radius 3 is 2.69 bits per heavy atom. The molecule has 1 aliphatic rings. The van der Waals surface area contributed by atoms with Gasteiger partial charge < -0.3 is 24.8 Å². The van der Waals surface area contributed by atoms with Crippen molar-refractivity contribution < 1.29 is 9.26 Å². The monoisotopic (exact) mass is 358 g/mol. The molecule has 3 rings (SSSR count). The lowest BCUT2D eigenvalue weighted by Gasteiger charge is -2.28. The summed E-state index contributed by atoms with van der Waals surface area (Å²) in [6.45, 7) is 8.41. The fourth-order valence-electron chi connectivity index (χ4n) is 2.87. The minimum absolute atomic E-state index is 0.621. The summed E-state index contributed by atoms with van der Waals surface area (Å²) >= 11 is 0. The van der Waals surface area contributed by atoms with Crippen molar-refractivity contribution in [1.29, 1.82) is 0 Å². The molecular formula is C18H26N6O2. The fraction of sp³-hybridized carbons (Fsp3) is 0.500. The molecule has 0 aromatic carbocycles. The Morgan fingerprint density at radius 2 is 2.00 bits per heavy atom. The summed E-state index contributed by atoms with van der Waals surface area (Å²) in [5, 5.41) is 10.6. The van der Waals surface area contributed by atoms with Crippen molar-refractivity contribution in [3.8, 4) is 0 Å². The highest BCUT2D eigenvalue weighted by atomic mass is 16.5. The Labute approximate surface area is 153 Å². The molecular weight excluding hydrogens is 332 g/mol. The third-order valence-corrected chi connectivity index (χ3v) is 4.44. The predicted molar refractivity (Wildman–Crippen MR) is 100 cm³/mol. The summed E-state index contributed by atoms with van der Waals surface area (Å²) in [5.41, 5.74) is 3.11. The SMILES string of the molecule is CN=C(NCc1ccnc(N2CCOCC2)c1)NCc1c(C)noc1C. The van der Waals surface area contributed by atoms with E-state index in [4.69, 9.17) is 9.26 Å². The topological polar surface area (TPSA) is 87.8 Å². The molecule has 8 nitrogen and oxygen atoms in total. The summed E-state index contributed by atoms with van der Waals surface area (Å²) in [5.74, 6) is 2.55. The maximum Gasteiger partial charge on any atom is 0.191 e. The van der Waals surface area contributed by atoms with Crippen LogP contribution in [0, 0.1) is 13.8 Å². The quantitative estimate of drug-likeness (QED) is 0.617. The van der Waals surface area contributed by atoms with Crippen LogP contribution >= 0.6 is 0 Å². The van der Waals surface area contributed by atoms with E-state index in [0.29, 0.717) is 13.1 Å². The number of hydrogen-bond donors (Lipinski definition) is 2. The predicted octanol–water partition coefficient (Wildman–Crippen LogP) is 1.39. The first kappa shape index (κ1) is 18.2. The van der Waals surface area contributed by atoms with Gasteiger partial charge >= 0.3 is 0 Å². The Hall–Kier alpha value is -2.61. The van der Waals surface area contributed by atoms with E-state index in [0.717, 1.165) is 60.7 Å². The maximum absolute atomic E-state index is 5.40. The molecule has 8 heteroatoms. The number of anilines is 1. The highest BCUT2D eigenvalue weighted by Gasteiger charge is 2.13. The summed E-state index contributed by atoms with van der Waals surface area (Å²) in [6, 6.07) is 4.12. The van der Waals surface area contributed by atoms with Crippen molar-refractivity contribution in [1.82, 2.24) is 20.8 Å². The van der Waals surface area contributed by atoms with Crippen molar-refractivity contribution in [2.75, 3.05) is 38.3 Å². The van der Waals surface area contributed by atoms with E-state index in [1.165, 1.54) is 0 Å². The Morgan fingerprint density at radius 1 is 1.23 bits per heavy atom. The average Bonchev–Trinajstić information content (AvgIpc) is 3.01. The minimum Gasteiger partial charge on any atom is -0.378 e. The molecule has 0 saturated carbocycles. The van der Waals surface area contributed by atoms with Gasteiger partial charge in [-0.05, 0) is 31.5 Å². The van der Waals surface area contributed by atoms with Crippen LogP contribution < -0.4 is 15.5 Å². The number of nitrogens with one attached hydrogen (secondary N) is 2. The second-order valence-corrected chi connectivity index (χ2v) is 6.20. The van der Waals surface area contributed by atoms with Crippen molar-refractivity contribution >= 4 is 11.8 Å². The Kier molecular flexibility index (Phi) is 6.06. The summed E-state index contributed by atoms with van der Waals surface area (Å²) < 4.78 is 10.6. The molecule has 0 aliphatic carbocycles. The van der Waals surface area contributed by atoms with Crippen LogP contribution in [-0.2, 0) is 17.8 Å². The zero-order valence-corrected chi connectivity index (χ0v) is 15.6. The van der Waals surface area contributed by atoms with E-state index in [9.17, 15) is 0 Å². The summed E-state index contributed by atoms with van der Waals surface area (Å²) in [4.78, 5) is 11.0. The normalized spacial score (nSPS) is 15.2. The van der Waals surface area contributed by atoms with Crippen LogP contribution in [0.15, 0.2) is 27.8 Å². The number of ether oxygens (including phenoxy) is 1. The number of hydrogen-bond acceptors (Lipinski definition) is 6. The maximum atomic E-state index is 5.40. The van der Waals surface area contributed by atoms with Gasteiger partial charge in [0.1, 0.15) is 11.6 Å². The molecule has 2 N–H and O–H groups in total. The van der Waals surface area contributed by atoms with E-state index in [2.05, 4.69) is 36.7 Å². The number of rotatable bonds is 5. The number of morpholine rings is 1. The van der Waals surface area contributed by atoms with Gasteiger partial charge in [-0.1, -0.05) is 5.16 Å². The van der Waals surface area contributed by atoms with Crippen LogP contribution in [0.3, 0.4) is 0 Å². The molecule has 1 fully saturated rings. The van der Waals surface area contributed by atoms with Gasteiger partial charge in [0.2, 0.25) is 0 Å². The van der Waals surface area contributed by atoms with Crippen molar-refractivity contribution in [3.05, 3.63) is 40.9 Å². The zero-order chi connectivity index (χ0) is 18.4. The molecule has 0 amide bonds. The van der Waals surface area contributed by atoms with Gasteiger partial charge in [0, 0.05) is 45.0 Å². The molecule has 1 aliphatic heterocycles. The van der Waals surface area contributed by atoms with E-state index in [-0.39, 0.29) is 0 Å².